The molecule has 0 radical (unpaired) electrons. The minimum Gasteiger partial charge on any atom is -0.354 e. The van der Waals surface area contributed by atoms with Crippen LogP contribution in [0.2, 0.25) is 0 Å². The summed E-state index contributed by atoms with van der Waals surface area (Å²) in [4.78, 5) is 24.0. The smallest absolute Gasteiger partial charge is 0.228 e. The van der Waals surface area contributed by atoms with E-state index in [-0.39, 0.29) is 24.3 Å². The molecule has 1 heterocycles. The molecule has 2 rings (SSSR count). The fourth-order valence-corrected chi connectivity index (χ4v) is 2.47. The number of carbonyl (C=O) groups is 2. The molecule has 0 fully saturated rings. The summed E-state index contributed by atoms with van der Waals surface area (Å²) in [6, 6.07) is 4.26. The van der Waals surface area contributed by atoms with E-state index in [0.29, 0.717) is 17.8 Å². The highest BCUT2D eigenvalue weighted by Gasteiger charge is 2.30. The van der Waals surface area contributed by atoms with Crippen LogP contribution in [0.5, 0.6) is 0 Å². The van der Waals surface area contributed by atoms with Gasteiger partial charge in [0.15, 0.2) is 0 Å². The molecule has 0 aromatic heterocycles. The number of hydrogen-bond acceptors (Lipinski definition) is 3. The van der Waals surface area contributed by atoms with Crippen LogP contribution in [0.15, 0.2) is 18.2 Å². The van der Waals surface area contributed by atoms with Crippen LogP contribution in [0.3, 0.4) is 0 Å². The molecule has 1 aromatic carbocycles. The maximum Gasteiger partial charge on any atom is 0.228 e. The fourth-order valence-electron chi connectivity index (χ4n) is 2.47. The molecule has 0 aliphatic carbocycles. The number of benzene rings is 1. The molecule has 0 spiro atoms. The molecule has 1 aliphatic heterocycles. The normalized spacial score (nSPS) is 18.6. The minimum atomic E-state index is -0.567. The van der Waals surface area contributed by atoms with Gasteiger partial charge in [-0.3, -0.25) is 9.59 Å². The lowest BCUT2D eigenvalue weighted by Crippen LogP contribution is -2.42. The Morgan fingerprint density at radius 2 is 2.29 bits per heavy atom. The molecule has 1 aliphatic rings. The van der Waals surface area contributed by atoms with Crippen LogP contribution in [0.1, 0.15) is 31.7 Å². The Kier molecular flexibility index (Phi) is 4.90. The maximum absolute atomic E-state index is 13.2. The van der Waals surface area contributed by atoms with Crippen LogP contribution in [-0.4, -0.2) is 30.9 Å². The van der Waals surface area contributed by atoms with Gasteiger partial charge in [-0.05, 0) is 31.2 Å². The van der Waals surface area contributed by atoms with E-state index in [9.17, 15) is 14.0 Å². The van der Waals surface area contributed by atoms with Crippen molar-refractivity contribution in [3.05, 3.63) is 29.6 Å². The highest BCUT2D eigenvalue weighted by molar-refractivity contribution is 6.01. The van der Waals surface area contributed by atoms with Crippen molar-refractivity contribution in [3.8, 4) is 0 Å². The number of anilines is 1. The highest BCUT2D eigenvalue weighted by atomic mass is 19.1. The van der Waals surface area contributed by atoms with E-state index in [0.717, 1.165) is 6.54 Å². The van der Waals surface area contributed by atoms with Crippen LogP contribution in [0.25, 0.3) is 0 Å². The van der Waals surface area contributed by atoms with Crippen molar-refractivity contribution in [2.24, 2.45) is 0 Å². The summed E-state index contributed by atoms with van der Waals surface area (Å²) < 4.78 is 13.2. The Labute approximate surface area is 123 Å². The van der Waals surface area contributed by atoms with Gasteiger partial charge in [0.05, 0.1) is 5.92 Å². The molecule has 0 bridgehead atoms. The summed E-state index contributed by atoms with van der Waals surface area (Å²) in [7, 11) is 0. The second kappa shape index (κ2) is 6.67. The first-order valence-corrected chi connectivity index (χ1v) is 7.11. The number of fused-ring (bicyclic) bond motifs is 1. The molecule has 114 valence electrons. The van der Waals surface area contributed by atoms with Gasteiger partial charge in [0.2, 0.25) is 11.8 Å². The Hall–Kier alpha value is -1.95. The molecule has 21 heavy (non-hydrogen) atoms. The summed E-state index contributed by atoms with van der Waals surface area (Å²) in [5, 5.41) is 8.63. The molecule has 1 unspecified atom stereocenters. The van der Waals surface area contributed by atoms with Gasteiger partial charge in [-0.25, -0.2) is 4.39 Å². The second-order valence-electron chi connectivity index (χ2n) is 5.24. The van der Waals surface area contributed by atoms with Crippen molar-refractivity contribution in [1.82, 2.24) is 10.6 Å². The fraction of sp³-hybridized carbons (Fsp3) is 0.467. The Balaban J connectivity index is 2.09. The number of rotatable bonds is 5. The van der Waals surface area contributed by atoms with E-state index >= 15 is 0 Å². The topological polar surface area (TPSA) is 70.2 Å². The number of carbonyl (C=O) groups excluding carboxylic acids is 2. The third kappa shape index (κ3) is 3.78. The largest absolute Gasteiger partial charge is 0.354 e. The standard InChI is InChI=1S/C15H20FN3O2/c1-3-17-9(2)8-18-15(21)12-7-14(20)19-13-6-10(16)4-5-11(12)13/h4-6,9,12,17H,3,7-8H2,1-2H3,(H,18,21)(H,19,20)/t9-,12?/m1/s1. The van der Waals surface area contributed by atoms with E-state index < -0.39 is 11.7 Å². The van der Waals surface area contributed by atoms with Gasteiger partial charge in [-0.1, -0.05) is 13.0 Å². The highest BCUT2D eigenvalue weighted by Crippen LogP contribution is 2.32. The summed E-state index contributed by atoms with van der Waals surface area (Å²) in [6.45, 7) is 5.28. The Bertz CT molecular complexity index is 548. The van der Waals surface area contributed by atoms with Crippen molar-refractivity contribution >= 4 is 17.5 Å². The van der Waals surface area contributed by atoms with Gasteiger partial charge in [-0.15, -0.1) is 0 Å². The van der Waals surface area contributed by atoms with Crippen LogP contribution in [0, 0.1) is 5.82 Å². The lowest BCUT2D eigenvalue weighted by molar-refractivity contribution is -0.126. The predicted octanol–water partition coefficient (Wildman–Crippen LogP) is 1.37. The van der Waals surface area contributed by atoms with Gasteiger partial charge in [0.1, 0.15) is 5.82 Å². The molecule has 6 heteroatoms. The van der Waals surface area contributed by atoms with Crippen molar-refractivity contribution < 1.29 is 14.0 Å². The molecule has 0 saturated heterocycles. The third-order valence-corrected chi connectivity index (χ3v) is 3.51. The average molecular weight is 293 g/mol. The number of likely N-dealkylation sites (N-methyl/N-ethyl adjacent to an activating group) is 1. The summed E-state index contributed by atoms with van der Waals surface area (Å²) in [5.41, 5.74) is 1.04. The third-order valence-electron chi connectivity index (χ3n) is 3.51. The van der Waals surface area contributed by atoms with Crippen molar-refractivity contribution in [2.75, 3.05) is 18.4 Å². The molecule has 2 amide bonds. The zero-order valence-corrected chi connectivity index (χ0v) is 12.2. The zero-order valence-electron chi connectivity index (χ0n) is 12.2. The predicted molar refractivity (Wildman–Crippen MR) is 78.5 cm³/mol. The van der Waals surface area contributed by atoms with E-state index in [1.807, 2.05) is 13.8 Å². The van der Waals surface area contributed by atoms with E-state index in [4.69, 9.17) is 0 Å². The van der Waals surface area contributed by atoms with Crippen LogP contribution in [0.4, 0.5) is 10.1 Å². The number of nitrogens with one attached hydrogen (secondary N) is 3. The summed E-state index contributed by atoms with van der Waals surface area (Å²) >= 11 is 0. The number of amides is 2. The first kappa shape index (κ1) is 15.4. The average Bonchev–Trinajstić information content (AvgIpc) is 2.43. The molecule has 1 aromatic rings. The van der Waals surface area contributed by atoms with Crippen LogP contribution >= 0.6 is 0 Å². The molecule has 5 nitrogen and oxygen atoms in total. The van der Waals surface area contributed by atoms with Crippen molar-refractivity contribution in [3.63, 3.8) is 0 Å². The van der Waals surface area contributed by atoms with Gasteiger partial charge in [-0.2, -0.15) is 0 Å². The lowest BCUT2D eigenvalue weighted by atomic mass is 9.89. The van der Waals surface area contributed by atoms with E-state index in [1.54, 1.807) is 6.07 Å². The second-order valence-corrected chi connectivity index (χ2v) is 5.24. The minimum absolute atomic E-state index is 0.0834. The SMILES string of the molecule is CCN[C@H](C)CNC(=O)C1CC(=O)Nc2cc(F)ccc21. The zero-order chi connectivity index (χ0) is 15.4. The van der Waals surface area contributed by atoms with Crippen molar-refractivity contribution in [1.29, 1.82) is 0 Å². The Morgan fingerprint density at radius 3 is 3.00 bits per heavy atom. The maximum atomic E-state index is 13.2. The van der Waals surface area contributed by atoms with E-state index in [2.05, 4.69) is 16.0 Å². The lowest BCUT2D eigenvalue weighted by Gasteiger charge is -2.25. The summed E-state index contributed by atoms with van der Waals surface area (Å²) in [5.74, 6) is -1.48. The van der Waals surface area contributed by atoms with Gasteiger partial charge in [0, 0.05) is 24.7 Å². The first-order chi connectivity index (χ1) is 10.0. The molecular formula is C15H20FN3O2. The van der Waals surface area contributed by atoms with Crippen LogP contribution < -0.4 is 16.0 Å². The van der Waals surface area contributed by atoms with Crippen LogP contribution in [-0.2, 0) is 9.59 Å². The summed E-state index contributed by atoms with van der Waals surface area (Å²) in [6.07, 6.45) is 0.0834. The number of hydrogen-bond donors (Lipinski definition) is 3. The monoisotopic (exact) mass is 293 g/mol. The molecule has 2 atom stereocenters. The number of halogens is 1. The van der Waals surface area contributed by atoms with Gasteiger partial charge >= 0.3 is 0 Å². The van der Waals surface area contributed by atoms with Gasteiger partial charge < -0.3 is 16.0 Å². The molecule has 0 saturated carbocycles. The first-order valence-electron chi connectivity index (χ1n) is 7.11. The van der Waals surface area contributed by atoms with Crippen molar-refractivity contribution in [2.45, 2.75) is 32.2 Å². The van der Waals surface area contributed by atoms with E-state index in [1.165, 1.54) is 12.1 Å². The quantitative estimate of drug-likeness (QED) is 0.768. The molecular weight excluding hydrogens is 273 g/mol. The molecule has 3 N–H and O–H groups in total. The Morgan fingerprint density at radius 1 is 1.52 bits per heavy atom. The van der Waals surface area contributed by atoms with Gasteiger partial charge in [0.25, 0.3) is 0 Å².